The van der Waals surface area contributed by atoms with Crippen LogP contribution in [0.4, 0.5) is 0 Å². The third-order valence-corrected chi connectivity index (χ3v) is 10.5. The lowest BCUT2D eigenvalue weighted by Crippen LogP contribution is -1.94. The van der Waals surface area contributed by atoms with E-state index in [-0.39, 0.29) is 0 Å². The molecule has 10 aromatic rings. The topological polar surface area (TPSA) is 51.6 Å². The molecule has 4 aromatic heterocycles. The van der Waals surface area contributed by atoms with E-state index in [1.807, 2.05) is 49.2 Å². The lowest BCUT2D eigenvalue weighted by Gasteiger charge is -2.14. The van der Waals surface area contributed by atoms with Crippen LogP contribution in [0.5, 0.6) is 0 Å². The summed E-state index contributed by atoms with van der Waals surface area (Å²) in [6, 6.07) is 62.2. The van der Waals surface area contributed by atoms with Gasteiger partial charge in [-0.2, -0.15) is 0 Å². The standard InChI is InChI=1S/C52H34N4/c1-3-11-35(12-4-1)46-23-26-55-51-47(46)21-22-48-49(36-13-5-2-6-14-36)32-50(56-52(48)51)40-18-8-16-38(28-40)37-15-7-17-39(27-37)43-29-44(41-19-9-24-53-33-41)31-45(30-43)42-20-10-25-54-34-42/h1-34H. The molecule has 0 fully saturated rings. The van der Waals surface area contributed by atoms with Gasteiger partial charge in [0.25, 0.3) is 0 Å². The number of hydrogen-bond acceptors (Lipinski definition) is 4. The lowest BCUT2D eigenvalue weighted by molar-refractivity contribution is 1.32. The van der Waals surface area contributed by atoms with Crippen LogP contribution in [0.1, 0.15) is 0 Å². The number of nitrogens with zero attached hydrogens (tertiary/aromatic N) is 4. The number of fused-ring (bicyclic) bond motifs is 3. The van der Waals surface area contributed by atoms with Crippen molar-refractivity contribution in [3.8, 4) is 78.0 Å². The van der Waals surface area contributed by atoms with Crippen molar-refractivity contribution in [2.24, 2.45) is 0 Å². The summed E-state index contributed by atoms with van der Waals surface area (Å²) in [5, 5.41) is 2.16. The van der Waals surface area contributed by atoms with Gasteiger partial charge in [-0.25, -0.2) is 4.98 Å². The molecule has 0 aliphatic rings. The van der Waals surface area contributed by atoms with Crippen LogP contribution < -0.4 is 0 Å². The molecular weight excluding hydrogens is 681 g/mol. The maximum absolute atomic E-state index is 5.40. The molecule has 262 valence electrons. The van der Waals surface area contributed by atoms with Crippen molar-refractivity contribution in [2.75, 3.05) is 0 Å². The molecule has 0 aliphatic carbocycles. The van der Waals surface area contributed by atoms with Gasteiger partial charge in [-0.1, -0.05) is 121 Å². The third-order valence-electron chi connectivity index (χ3n) is 10.5. The van der Waals surface area contributed by atoms with Crippen LogP contribution in [0.2, 0.25) is 0 Å². The van der Waals surface area contributed by atoms with Gasteiger partial charge in [0.15, 0.2) is 0 Å². The van der Waals surface area contributed by atoms with E-state index in [0.29, 0.717) is 0 Å². The first-order valence-corrected chi connectivity index (χ1v) is 18.8. The summed E-state index contributed by atoms with van der Waals surface area (Å²) in [6.07, 6.45) is 9.35. The first-order chi connectivity index (χ1) is 27.7. The summed E-state index contributed by atoms with van der Waals surface area (Å²) < 4.78 is 0. The maximum Gasteiger partial charge on any atom is 0.0978 e. The fourth-order valence-electron chi connectivity index (χ4n) is 7.71. The number of pyridine rings is 4. The highest BCUT2D eigenvalue weighted by atomic mass is 14.8. The Hall–Kier alpha value is -7.56. The summed E-state index contributed by atoms with van der Waals surface area (Å²) in [7, 11) is 0. The van der Waals surface area contributed by atoms with Gasteiger partial charge in [0, 0.05) is 58.4 Å². The fourth-order valence-corrected chi connectivity index (χ4v) is 7.71. The molecule has 0 saturated carbocycles. The Morgan fingerprint density at radius 3 is 1.34 bits per heavy atom. The van der Waals surface area contributed by atoms with Crippen molar-refractivity contribution in [1.29, 1.82) is 0 Å². The number of aromatic nitrogens is 4. The predicted molar refractivity (Wildman–Crippen MR) is 231 cm³/mol. The molecule has 4 nitrogen and oxygen atoms in total. The largest absolute Gasteiger partial charge is 0.264 e. The van der Waals surface area contributed by atoms with Crippen LogP contribution in [0.15, 0.2) is 207 Å². The van der Waals surface area contributed by atoms with E-state index in [1.54, 1.807) is 0 Å². The zero-order valence-corrected chi connectivity index (χ0v) is 30.4. The maximum atomic E-state index is 5.40. The van der Waals surface area contributed by atoms with E-state index in [1.165, 1.54) is 0 Å². The highest BCUT2D eigenvalue weighted by Gasteiger charge is 2.16. The smallest absolute Gasteiger partial charge is 0.0978 e. The van der Waals surface area contributed by atoms with Crippen LogP contribution in [-0.2, 0) is 0 Å². The average molecular weight is 715 g/mol. The van der Waals surface area contributed by atoms with E-state index in [9.17, 15) is 0 Å². The minimum atomic E-state index is 0.891. The molecule has 0 spiro atoms. The SMILES string of the molecule is c1ccc(-c2ccnc3c2ccc2c(-c4ccccc4)cc(-c4cccc(-c5cccc(-c6cc(-c7cccnc7)cc(-c7cccnc7)c6)c5)c4)nc23)cc1. The molecule has 0 N–H and O–H groups in total. The second-order valence-electron chi connectivity index (χ2n) is 13.9. The van der Waals surface area contributed by atoms with Crippen molar-refractivity contribution < 1.29 is 0 Å². The van der Waals surface area contributed by atoms with E-state index < -0.39 is 0 Å². The second-order valence-corrected chi connectivity index (χ2v) is 13.9. The summed E-state index contributed by atoms with van der Waals surface area (Å²) in [5.74, 6) is 0. The second kappa shape index (κ2) is 14.3. The summed E-state index contributed by atoms with van der Waals surface area (Å²) in [4.78, 5) is 19.2. The average Bonchev–Trinajstić information content (AvgIpc) is 3.29. The van der Waals surface area contributed by atoms with Gasteiger partial charge in [0.2, 0.25) is 0 Å². The summed E-state index contributed by atoms with van der Waals surface area (Å²) >= 11 is 0. The van der Waals surface area contributed by atoms with Crippen LogP contribution in [0.25, 0.3) is 99.8 Å². The van der Waals surface area contributed by atoms with Crippen molar-refractivity contribution in [3.05, 3.63) is 207 Å². The molecule has 0 aliphatic heterocycles. The Balaban J connectivity index is 1.10. The van der Waals surface area contributed by atoms with Gasteiger partial charge >= 0.3 is 0 Å². The van der Waals surface area contributed by atoms with Crippen LogP contribution in [0.3, 0.4) is 0 Å². The minimum Gasteiger partial charge on any atom is -0.264 e. The first-order valence-electron chi connectivity index (χ1n) is 18.8. The molecule has 0 bridgehead atoms. The van der Waals surface area contributed by atoms with Crippen LogP contribution >= 0.6 is 0 Å². The van der Waals surface area contributed by atoms with E-state index in [2.05, 4.69) is 168 Å². The number of hydrogen-bond donors (Lipinski definition) is 0. The first kappa shape index (κ1) is 33.0. The van der Waals surface area contributed by atoms with E-state index in [4.69, 9.17) is 9.97 Å². The molecule has 0 saturated heterocycles. The molecule has 0 radical (unpaired) electrons. The van der Waals surface area contributed by atoms with Gasteiger partial charge in [0.05, 0.1) is 16.7 Å². The van der Waals surface area contributed by atoms with Gasteiger partial charge in [-0.3, -0.25) is 15.0 Å². The van der Waals surface area contributed by atoms with Gasteiger partial charge in [-0.05, 0) is 110 Å². The van der Waals surface area contributed by atoms with Crippen LogP contribution in [0, 0.1) is 0 Å². The Morgan fingerprint density at radius 2 is 0.750 bits per heavy atom. The van der Waals surface area contributed by atoms with Gasteiger partial charge in [-0.15, -0.1) is 0 Å². The molecule has 10 rings (SSSR count). The normalized spacial score (nSPS) is 11.2. The lowest BCUT2D eigenvalue weighted by atomic mass is 9.92. The monoisotopic (exact) mass is 714 g/mol. The molecule has 56 heavy (non-hydrogen) atoms. The van der Waals surface area contributed by atoms with Crippen molar-refractivity contribution >= 4 is 21.8 Å². The third kappa shape index (κ3) is 6.29. The minimum absolute atomic E-state index is 0.891. The molecule has 4 heteroatoms. The van der Waals surface area contributed by atoms with E-state index >= 15 is 0 Å². The summed E-state index contributed by atoms with van der Waals surface area (Å²) in [6.45, 7) is 0. The number of benzene rings is 6. The Bertz CT molecular complexity index is 2940. The van der Waals surface area contributed by atoms with Crippen molar-refractivity contribution in [1.82, 2.24) is 19.9 Å². The fraction of sp³-hybridized carbons (Fsp3) is 0. The summed E-state index contributed by atoms with van der Waals surface area (Å²) in [5.41, 5.74) is 17.2. The molecule has 0 atom stereocenters. The van der Waals surface area contributed by atoms with Crippen LogP contribution in [-0.4, -0.2) is 19.9 Å². The molecule has 0 amide bonds. The predicted octanol–water partition coefficient (Wildman–Crippen LogP) is 13.2. The highest BCUT2D eigenvalue weighted by molar-refractivity contribution is 6.12. The highest BCUT2D eigenvalue weighted by Crippen LogP contribution is 2.39. The molecule has 6 aromatic carbocycles. The van der Waals surface area contributed by atoms with Crippen molar-refractivity contribution in [2.45, 2.75) is 0 Å². The Labute approximate surface area is 325 Å². The van der Waals surface area contributed by atoms with Crippen molar-refractivity contribution in [3.63, 3.8) is 0 Å². The van der Waals surface area contributed by atoms with Gasteiger partial charge < -0.3 is 0 Å². The number of rotatable bonds is 7. The van der Waals surface area contributed by atoms with Gasteiger partial charge in [0.1, 0.15) is 0 Å². The molecule has 4 heterocycles. The Kier molecular flexibility index (Phi) is 8.47. The molecular formula is C52H34N4. The quantitative estimate of drug-likeness (QED) is 0.154. The van der Waals surface area contributed by atoms with E-state index in [0.717, 1.165) is 99.8 Å². The molecule has 0 unspecified atom stereocenters. The zero-order chi connectivity index (χ0) is 37.3. The Morgan fingerprint density at radius 1 is 0.286 bits per heavy atom. The zero-order valence-electron chi connectivity index (χ0n) is 30.4.